The van der Waals surface area contributed by atoms with Gasteiger partial charge in [0, 0.05) is 24.1 Å². The normalized spacial score (nSPS) is 13.4. The van der Waals surface area contributed by atoms with Crippen molar-refractivity contribution < 1.29 is 14.1 Å². The number of nitro groups is 1. The Hall–Kier alpha value is -3.53. The molecule has 2 heterocycles. The maximum Gasteiger partial charge on any atom is 0.277 e. The molecule has 1 aromatic heterocycles. The molecule has 0 saturated carbocycles. The number of carbonyl (C=O) groups is 1. The summed E-state index contributed by atoms with van der Waals surface area (Å²) >= 11 is 1.10. The molecule has 0 fully saturated rings. The molecule has 0 N–H and O–H groups in total. The van der Waals surface area contributed by atoms with E-state index in [1.54, 1.807) is 12.1 Å². The lowest BCUT2D eigenvalue weighted by molar-refractivity contribution is -0.384. The van der Waals surface area contributed by atoms with Crippen LogP contribution in [0.25, 0.3) is 11.5 Å². The van der Waals surface area contributed by atoms with E-state index in [-0.39, 0.29) is 28.5 Å². The Labute approximate surface area is 169 Å². The second-order valence-corrected chi connectivity index (χ2v) is 7.08. The maximum absolute atomic E-state index is 12.4. The number of hydrogen-bond donors (Lipinski definition) is 0. The Morgan fingerprint density at radius 1 is 1.14 bits per heavy atom. The lowest BCUT2D eigenvalue weighted by Crippen LogP contribution is -2.25. The molecule has 1 aliphatic rings. The van der Waals surface area contributed by atoms with Crippen molar-refractivity contribution in [3.05, 3.63) is 70.3 Å². The molecule has 0 bridgehead atoms. The van der Waals surface area contributed by atoms with Gasteiger partial charge in [0.05, 0.1) is 22.9 Å². The lowest BCUT2D eigenvalue weighted by atomic mass is 10.1. The topological polar surface area (TPSA) is 115 Å². The quantitative estimate of drug-likeness (QED) is 0.348. The Morgan fingerprint density at radius 2 is 1.93 bits per heavy atom. The largest absolute Gasteiger partial charge is 0.411 e. The van der Waals surface area contributed by atoms with Crippen LogP contribution in [-0.2, 0) is 4.79 Å². The van der Waals surface area contributed by atoms with E-state index in [0.717, 1.165) is 23.0 Å². The molecule has 0 radical (unpaired) electrons. The van der Waals surface area contributed by atoms with E-state index in [4.69, 9.17) is 4.42 Å². The van der Waals surface area contributed by atoms with Gasteiger partial charge in [-0.2, -0.15) is 5.10 Å². The molecular weight excluding hydrogens is 394 g/mol. The monoisotopic (exact) mass is 409 g/mol. The van der Waals surface area contributed by atoms with E-state index in [9.17, 15) is 14.9 Å². The average Bonchev–Trinajstić information content (AvgIpc) is 3.43. The van der Waals surface area contributed by atoms with Gasteiger partial charge in [0.25, 0.3) is 16.8 Å². The summed E-state index contributed by atoms with van der Waals surface area (Å²) in [5.41, 5.74) is 2.27. The van der Waals surface area contributed by atoms with Crippen LogP contribution < -0.4 is 0 Å². The highest BCUT2D eigenvalue weighted by Crippen LogP contribution is 2.26. The number of carbonyl (C=O) groups excluding carboxylic acids is 1. The van der Waals surface area contributed by atoms with Crippen molar-refractivity contribution in [1.82, 2.24) is 15.2 Å². The number of aromatic nitrogens is 2. The SMILES string of the molecule is O=C(CSc1nnc(-c2cccc([N+](=O)[O-])c2)o1)N1CCC(c2ccccc2)=N1. The molecule has 9 nitrogen and oxygen atoms in total. The number of amides is 1. The average molecular weight is 409 g/mol. The highest BCUT2D eigenvalue weighted by Gasteiger charge is 2.22. The number of hydrogen-bond acceptors (Lipinski definition) is 8. The molecule has 0 atom stereocenters. The number of rotatable bonds is 6. The molecule has 29 heavy (non-hydrogen) atoms. The summed E-state index contributed by atoms with van der Waals surface area (Å²) in [6.07, 6.45) is 0.706. The van der Waals surface area contributed by atoms with Crippen LogP contribution in [0, 0.1) is 10.1 Å². The van der Waals surface area contributed by atoms with Crippen LogP contribution in [0.15, 0.2) is 69.3 Å². The van der Waals surface area contributed by atoms with Crippen LogP contribution in [0.1, 0.15) is 12.0 Å². The van der Waals surface area contributed by atoms with Crippen molar-refractivity contribution in [2.75, 3.05) is 12.3 Å². The predicted molar refractivity (Wildman–Crippen MR) is 106 cm³/mol. The van der Waals surface area contributed by atoms with Crippen molar-refractivity contribution in [3.63, 3.8) is 0 Å². The molecule has 2 aromatic carbocycles. The fraction of sp³-hybridized carbons (Fsp3) is 0.158. The number of thioether (sulfide) groups is 1. The molecule has 146 valence electrons. The third-order valence-electron chi connectivity index (χ3n) is 4.23. The molecule has 1 aliphatic heterocycles. The first kappa shape index (κ1) is 18.8. The minimum atomic E-state index is -0.492. The molecule has 0 saturated heterocycles. The van der Waals surface area contributed by atoms with Crippen molar-refractivity contribution >= 4 is 29.1 Å². The van der Waals surface area contributed by atoms with E-state index in [2.05, 4.69) is 15.3 Å². The number of benzene rings is 2. The third kappa shape index (κ3) is 4.32. The summed E-state index contributed by atoms with van der Waals surface area (Å²) in [4.78, 5) is 22.8. The summed E-state index contributed by atoms with van der Waals surface area (Å²) in [6.45, 7) is 0.534. The minimum absolute atomic E-state index is 0.0637. The van der Waals surface area contributed by atoms with Crippen molar-refractivity contribution in [2.24, 2.45) is 5.10 Å². The predicted octanol–water partition coefficient (Wildman–Crippen LogP) is 3.37. The van der Waals surface area contributed by atoms with E-state index in [0.29, 0.717) is 18.5 Å². The van der Waals surface area contributed by atoms with Crippen molar-refractivity contribution in [1.29, 1.82) is 0 Å². The third-order valence-corrected chi connectivity index (χ3v) is 5.03. The summed E-state index contributed by atoms with van der Waals surface area (Å²) in [5, 5.41) is 24.8. The van der Waals surface area contributed by atoms with E-state index in [1.165, 1.54) is 17.1 Å². The molecule has 1 amide bonds. The smallest absolute Gasteiger partial charge is 0.277 e. The second-order valence-electron chi connectivity index (χ2n) is 6.15. The first-order chi connectivity index (χ1) is 14.1. The number of non-ortho nitro benzene ring substituents is 1. The van der Waals surface area contributed by atoms with Crippen LogP contribution in [0.2, 0.25) is 0 Å². The summed E-state index contributed by atoms with van der Waals surface area (Å²) in [6, 6.07) is 15.7. The second kappa shape index (κ2) is 8.23. The zero-order valence-electron chi connectivity index (χ0n) is 15.1. The van der Waals surface area contributed by atoms with Gasteiger partial charge in [0.2, 0.25) is 5.89 Å². The maximum atomic E-state index is 12.4. The van der Waals surface area contributed by atoms with Gasteiger partial charge in [-0.1, -0.05) is 48.2 Å². The molecule has 10 heteroatoms. The summed E-state index contributed by atoms with van der Waals surface area (Å²) < 4.78 is 5.52. The Balaban J connectivity index is 1.38. The van der Waals surface area contributed by atoms with E-state index in [1.807, 2.05) is 30.3 Å². The molecule has 3 aromatic rings. The number of nitro benzene ring substituents is 1. The number of nitrogens with zero attached hydrogens (tertiary/aromatic N) is 5. The standard InChI is InChI=1S/C19H15N5O4S/c25-17(23-10-9-16(22-23)13-5-2-1-3-6-13)12-29-19-21-20-18(28-19)14-7-4-8-15(11-14)24(26)27/h1-8,11H,9-10,12H2. The van der Waals surface area contributed by atoms with Gasteiger partial charge in [-0.05, 0) is 11.6 Å². The van der Waals surface area contributed by atoms with E-state index < -0.39 is 4.92 Å². The molecule has 0 spiro atoms. The molecular formula is C19H15N5O4S. The van der Waals surface area contributed by atoms with Gasteiger partial charge in [-0.25, -0.2) is 5.01 Å². The number of hydrazone groups is 1. The Kier molecular flexibility index (Phi) is 5.34. The Morgan fingerprint density at radius 3 is 2.72 bits per heavy atom. The fourth-order valence-corrected chi connectivity index (χ4v) is 3.44. The summed E-state index contributed by atoms with van der Waals surface area (Å²) in [7, 11) is 0. The van der Waals surface area contributed by atoms with Gasteiger partial charge in [0.1, 0.15) is 0 Å². The van der Waals surface area contributed by atoms with Gasteiger partial charge in [-0.3, -0.25) is 14.9 Å². The Bertz CT molecular complexity index is 1080. The van der Waals surface area contributed by atoms with Gasteiger partial charge in [0.15, 0.2) is 0 Å². The zero-order valence-corrected chi connectivity index (χ0v) is 15.9. The molecule has 0 unspecified atom stereocenters. The zero-order chi connectivity index (χ0) is 20.2. The van der Waals surface area contributed by atoms with Crippen LogP contribution in [-0.4, -0.2) is 44.0 Å². The van der Waals surface area contributed by atoms with Crippen molar-refractivity contribution in [2.45, 2.75) is 11.6 Å². The molecule has 4 rings (SSSR count). The van der Waals surface area contributed by atoms with Gasteiger partial charge >= 0.3 is 0 Å². The van der Waals surface area contributed by atoms with Crippen molar-refractivity contribution in [3.8, 4) is 11.5 Å². The van der Waals surface area contributed by atoms with Gasteiger partial charge < -0.3 is 4.42 Å². The highest BCUT2D eigenvalue weighted by atomic mass is 32.2. The van der Waals surface area contributed by atoms with Gasteiger partial charge in [-0.15, -0.1) is 10.2 Å². The van der Waals surface area contributed by atoms with Crippen LogP contribution in [0.5, 0.6) is 0 Å². The molecule has 0 aliphatic carbocycles. The van der Waals surface area contributed by atoms with Crippen LogP contribution >= 0.6 is 11.8 Å². The lowest BCUT2D eigenvalue weighted by Gasteiger charge is -2.09. The van der Waals surface area contributed by atoms with Crippen LogP contribution in [0.4, 0.5) is 5.69 Å². The van der Waals surface area contributed by atoms with E-state index >= 15 is 0 Å². The fourth-order valence-electron chi connectivity index (χ4n) is 2.81. The first-order valence-electron chi connectivity index (χ1n) is 8.74. The highest BCUT2D eigenvalue weighted by molar-refractivity contribution is 7.99. The summed E-state index contributed by atoms with van der Waals surface area (Å²) in [5.74, 6) is 0.104. The first-order valence-corrected chi connectivity index (χ1v) is 9.73. The minimum Gasteiger partial charge on any atom is -0.411 e. The van der Waals surface area contributed by atoms with Crippen LogP contribution in [0.3, 0.4) is 0 Å².